The second kappa shape index (κ2) is 9.00. The standard InChI is InChI=1S/C22H41NO2/c1-8-10-12-17(13-11-9-2)14-18-15-19(24)23(20(18)25)22(6,7)16-21(3,4)5/h15,17,24-25H,8-14,16H2,1-7H3. The number of unbranched alkanes of at least 4 members (excludes halogenated alkanes) is 2. The van der Waals surface area contributed by atoms with Crippen molar-refractivity contribution in [2.24, 2.45) is 11.3 Å². The maximum atomic E-state index is 10.8. The Morgan fingerprint density at radius 1 is 0.960 bits per heavy atom. The summed E-state index contributed by atoms with van der Waals surface area (Å²) in [6.45, 7) is 15.2. The molecule has 0 saturated heterocycles. The number of nitrogens with zero attached hydrogens (tertiary/aromatic N) is 1. The molecule has 0 bridgehead atoms. The number of aromatic nitrogens is 1. The summed E-state index contributed by atoms with van der Waals surface area (Å²) in [5, 5.41) is 21.4. The van der Waals surface area contributed by atoms with Crippen LogP contribution in [0.5, 0.6) is 11.8 Å². The van der Waals surface area contributed by atoms with E-state index in [4.69, 9.17) is 0 Å². The van der Waals surface area contributed by atoms with Crippen LogP contribution in [0.15, 0.2) is 6.07 Å². The first-order valence-electron chi connectivity index (χ1n) is 10.1. The van der Waals surface area contributed by atoms with Gasteiger partial charge in [0.15, 0.2) is 11.8 Å². The minimum Gasteiger partial charge on any atom is -0.494 e. The van der Waals surface area contributed by atoms with Crippen molar-refractivity contribution in [3.8, 4) is 11.8 Å². The van der Waals surface area contributed by atoms with E-state index in [0.717, 1.165) is 18.4 Å². The van der Waals surface area contributed by atoms with Crippen molar-refractivity contribution in [3.63, 3.8) is 0 Å². The van der Waals surface area contributed by atoms with Gasteiger partial charge in [0.2, 0.25) is 0 Å². The molecule has 3 heteroatoms. The highest BCUT2D eigenvalue weighted by molar-refractivity contribution is 5.37. The van der Waals surface area contributed by atoms with Crippen LogP contribution in [0.25, 0.3) is 0 Å². The number of hydrogen-bond donors (Lipinski definition) is 2. The van der Waals surface area contributed by atoms with Gasteiger partial charge in [0.05, 0.1) is 0 Å². The van der Waals surface area contributed by atoms with Gasteiger partial charge < -0.3 is 10.2 Å². The second-order valence-electron chi connectivity index (χ2n) is 9.59. The molecule has 0 atom stereocenters. The van der Waals surface area contributed by atoms with Crippen molar-refractivity contribution in [3.05, 3.63) is 11.6 Å². The van der Waals surface area contributed by atoms with E-state index >= 15 is 0 Å². The topological polar surface area (TPSA) is 45.4 Å². The molecule has 0 radical (unpaired) electrons. The van der Waals surface area contributed by atoms with Gasteiger partial charge in [-0.2, -0.15) is 0 Å². The molecular formula is C22H41NO2. The second-order valence-corrected chi connectivity index (χ2v) is 9.59. The molecule has 3 nitrogen and oxygen atoms in total. The van der Waals surface area contributed by atoms with E-state index in [9.17, 15) is 10.2 Å². The summed E-state index contributed by atoms with van der Waals surface area (Å²) in [7, 11) is 0. The van der Waals surface area contributed by atoms with E-state index in [0.29, 0.717) is 5.92 Å². The third-order valence-corrected chi connectivity index (χ3v) is 5.04. The summed E-state index contributed by atoms with van der Waals surface area (Å²) in [4.78, 5) is 0. The van der Waals surface area contributed by atoms with Crippen LogP contribution in [0.3, 0.4) is 0 Å². The zero-order valence-electron chi connectivity index (χ0n) is 17.7. The monoisotopic (exact) mass is 351 g/mol. The van der Waals surface area contributed by atoms with E-state index in [2.05, 4.69) is 48.5 Å². The maximum absolute atomic E-state index is 10.8. The fraction of sp³-hybridized carbons (Fsp3) is 0.818. The zero-order chi connectivity index (χ0) is 19.3. The van der Waals surface area contributed by atoms with Crippen LogP contribution in [0.2, 0.25) is 0 Å². The number of rotatable bonds is 10. The van der Waals surface area contributed by atoms with Crippen LogP contribution in [0, 0.1) is 11.3 Å². The van der Waals surface area contributed by atoms with Crippen LogP contribution in [0.1, 0.15) is 99.0 Å². The smallest absolute Gasteiger partial charge is 0.197 e. The SMILES string of the molecule is CCCCC(CCCC)Cc1cc(O)n(C(C)(C)CC(C)(C)C)c1O. The lowest BCUT2D eigenvalue weighted by atomic mass is 9.81. The molecule has 2 N–H and O–H groups in total. The normalized spacial score (nSPS) is 13.0. The van der Waals surface area contributed by atoms with Crippen LogP contribution >= 0.6 is 0 Å². The minimum atomic E-state index is -0.326. The Hall–Kier alpha value is -1.12. The summed E-state index contributed by atoms with van der Waals surface area (Å²) >= 11 is 0. The molecule has 0 fully saturated rings. The molecule has 1 heterocycles. The summed E-state index contributed by atoms with van der Waals surface area (Å²) in [6.07, 6.45) is 9.02. The van der Waals surface area contributed by atoms with Crippen molar-refractivity contribution in [2.45, 2.75) is 105 Å². The lowest BCUT2D eigenvalue weighted by Gasteiger charge is -2.34. The first-order valence-corrected chi connectivity index (χ1v) is 10.1. The molecule has 0 unspecified atom stereocenters. The van der Waals surface area contributed by atoms with E-state index in [1.165, 1.54) is 38.5 Å². The molecule has 0 aliphatic rings. The van der Waals surface area contributed by atoms with E-state index in [1.54, 1.807) is 10.6 Å². The van der Waals surface area contributed by atoms with Crippen LogP contribution in [-0.4, -0.2) is 14.8 Å². The highest BCUT2D eigenvalue weighted by Gasteiger charge is 2.32. The molecule has 0 aromatic carbocycles. The van der Waals surface area contributed by atoms with Gasteiger partial charge >= 0.3 is 0 Å². The molecule has 1 aromatic heterocycles. The predicted octanol–water partition coefficient (Wildman–Crippen LogP) is 6.61. The van der Waals surface area contributed by atoms with Gasteiger partial charge in [-0.15, -0.1) is 0 Å². The average molecular weight is 352 g/mol. The van der Waals surface area contributed by atoms with Crippen LogP contribution in [-0.2, 0) is 12.0 Å². The largest absolute Gasteiger partial charge is 0.494 e. The van der Waals surface area contributed by atoms with E-state index in [-0.39, 0.29) is 22.7 Å². The molecule has 0 amide bonds. The van der Waals surface area contributed by atoms with E-state index in [1.807, 2.05) is 0 Å². The number of aromatic hydroxyl groups is 2. The van der Waals surface area contributed by atoms with Gasteiger partial charge in [0.25, 0.3) is 0 Å². The molecular weight excluding hydrogens is 310 g/mol. The highest BCUT2D eigenvalue weighted by Crippen LogP contribution is 2.41. The number of hydrogen-bond acceptors (Lipinski definition) is 2. The molecule has 25 heavy (non-hydrogen) atoms. The highest BCUT2D eigenvalue weighted by atomic mass is 16.3. The molecule has 0 aliphatic carbocycles. The summed E-state index contributed by atoms with van der Waals surface area (Å²) < 4.78 is 1.73. The first-order chi connectivity index (χ1) is 11.5. The molecule has 0 aliphatic heterocycles. The molecule has 0 spiro atoms. The van der Waals surface area contributed by atoms with Crippen molar-refractivity contribution in [1.29, 1.82) is 0 Å². The predicted molar refractivity (Wildman–Crippen MR) is 107 cm³/mol. The third kappa shape index (κ3) is 6.60. The lowest BCUT2D eigenvalue weighted by molar-refractivity contribution is 0.184. The Bertz CT molecular complexity index is 515. The Morgan fingerprint density at radius 3 is 1.92 bits per heavy atom. The summed E-state index contributed by atoms with van der Waals surface area (Å²) in [6, 6.07) is 1.78. The Balaban J connectivity index is 3.02. The van der Waals surface area contributed by atoms with Crippen molar-refractivity contribution in [2.75, 3.05) is 0 Å². The van der Waals surface area contributed by atoms with Gasteiger partial charge in [-0.3, -0.25) is 4.57 Å². The van der Waals surface area contributed by atoms with Crippen LogP contribution < -0.4 is 0 Å². The maximum Gasteiger partial charge on any atom is 0.197 e. The van der Waals surface area contributed by atoms with Gasteiger partial charge in [0, 0.05) is 17.2 Å². The van der Waals surface area contributed by atoms with Crippen molar-refractivity contribution >= 4 is 0 Å². The van der Waals surface area contributed by atoms with Gasteiger partial charge in [-0.05, 0) is 38.0 Å². The Kier molecular flexibility index (Phi) is 7.89. The first kappa shape index (κ1) is 21.9. The van der Waals surface area contributed by atoms with Crippen molar-refractivity contribution < 1.29 is 10.2 Å². The lowest BCUT2D eigenvalue weighted by Crippen LogP contribution is -2.30. The Labute approximate surface area is 155 Å². The molecule has 1 aromatic rings. The zero-order valence-corrected chi connectivity index (χ0v) is 17.7. The van der Waals surface area contributed by atoms with Crippen LogP contribution in [0.4, 0.5) is 0 Å². The quantitative estimate of drug-likeness (QED) is 0.498. The fourth-order valence-electron chi connectivity index (χ4n) is 4.31. The van der Waals surface area contributed by atoms with Gasteiger partial charge in [0.1, 0.15) is 0 Å². The Morgan fingerprint density at radius 2 is 1.48 bits per heavy atom. The third-order valence-electron chi connectivity index (χ3n) is 5.04. The minimum absolute atomic E-state index is 0.123. The van der Waals surface area contributed by atoms with Crippen molar-refractivity contribution in [1.82, 2.24) is 4.57 Å². The fourth-order valence-corrected chi connectivity index (χ4v) is 4.31. The van der Waals surface area contributed by atoms with Gasteiger partial charge in [-0.25, -0.2) is 0 Å². The molecule has 0 saturated carbocycles. The molecule has 146 valence electrons. The summed E-state index contributed by atoms with van der Waals surface area (Å²) in [5.41, 5.74) is 0.696. The van der Waals surface area contributed by atoms with Gasteiger partial charge in [-0.1, -0.05) is 73.1 Å². The average Bonchev–Trinajstić information content (AvgIpc) is 2.74. The molecule has 1 rings (SSSR count). The summed E-state index contributed by atoms with van der Waals surface area (Å²) in [5.74, 6) is 1.03. The van der Waals surface area contributed by atoms with E-state index < -0.39 is 0 Å².